The lowest BCUT2D eigenvalue weighted by Gasteiger charge is -2.43. The first-order chi connectivity index (χ1) is 36.9. The molecule has 0 aliphatic carbocycles. The van der Waals surface area contributed by atoms with Gasteiger partial charge in [-0.3, -0.25) is 4.90 Å². The molecule has 10 nitrogen and oxygen atoms in total. The second-order valence-corrected chi connectivity index (χ2v) is 28.7. The molecule has 370 valence electrons. The van der Waals surface area contributed by atoms with Gasteiger partial charge in [-0.15, -0.1) is 29.9 Å². The third-order valence-electron chi connectivity index (χ3n) is 14.1. The summed E-state index contributed by atoms with van der Waals surface area (Å²) in [7, 11) is -8.91. The molecule has 75 heavy (non-hydrogen) atoms. The Morgan fingerprint density at radius 1 is 0.293 bits per heavy atom. The smallest absolute Gasteiger partial charge is 0.0920 e. The van der Waals surface area contributed by atoms with Crippen molar-refractivity contribution in [3.8, 4) is 0 Å². The predicted molar refractivity (Wildman–Crippen MR) is 313 cm³/mol. The maximum atomic E-state index is 5.73. The zero-order valence-electron chi connectivity index (χ0n) is 41.8. The van der Waals surface area contributed by atoms with Crippen molar-refractivity contribution in [3.63, 3.8) is 0 Å². The Labute approximate surface area is 440 Å². The Morgan fingerprint density at radius 3 is 0.747 bits per heavy atom. The Bertz CT molecular complexity index is 3150. The van der Waals surface area contributed by atoms with Crippen molar-refractivity contribution in [2.75, 3.05) is 18.5 Å². The van der Waals surface area contributed by atoms with E-state index < -0.39 is 26.6 Å². The van der Waals surface area contributed by atoms with Crippen LogP contribution >= 0.6 is 21.2 Å². The van der Waals surface area contributed by atoms with E-state index in [0.29, 0.717) is 38.1 Å². The molecule has 0 atom stereocenters. The number of hydrogen-bond donors (Lipinski definition) is 0. The second-order valence-electron chi connectivity index (χ2n) is 19.5. The van der Waals surface area contributed by atoms with Crippen LogP contribution in [0, 0.1) is 5.41 Å². The number of rotatable bonds is 6. The topological polar surface area (TPSA) is 114 Å². The van der Waals surface area contributed by atoms with Gasteiger partial charge in [-0.25, -0.2) is 0 Å². The van der Waals surface area contributed by atoms with E-state index in [2.05, 4.69) is 230 Å². The summed E-state index contributed by atoms with van der Waals surface area (Å²) in [5, 5.41) is 37.3. The number of benzene rings is 9. The summed E-state index contributed by atoms with van der Waals surface area (Å²) < 4.78 is 0. The fraction of sp³-hybridized carbons (Fsp3) is 0.129. The lowest BCUT2D eigenvalue weighted by atomic mass is 9.99. The molecule has 0 saturated carbocycles. The molecule has 2 bridgehead atoms. The van der Waals surface area contributed by atoms with Gasteiger partial charge >= 0.3 is 0 Å². The van der Waals surface area contributed by atoms with Crippen molar-refractivity contribution >= 4 is 70.1 Å². The van der Waals surface area contributed by atoms with E-state index in [0.717, 1.165) is 65.6 Å². The van der Waals surface area contributed by atoms with Crippen molar-refractivity contribution in [3.05, 3.63) is 271 Å². The number of hydrogen-bond acceptors (Lipinski definition) is 10. The zero-order valence-corrected chi connectivity index (χ0v) is 44.5. The first kappa shape index (κ1) is 49.6. The summed E-state index contributed by atoms with van der Waals surface area (Å²) in [6.45, 7) is 4.03. The molecular weight excluding hydrogens is 978 g/mol. The van der Waals surface area contributed by atoms with E-state index >= 15 is 0 Å². The van der Waals surface area contributed by atoms with E-state index in [4.69, 9.17) is 45.6 Å². The van der Waals surface area contributed by atoms with Gasteiger partial charge in [0.15, 0.2) is 0 Å². The summed E-state index contributed by atoms with van der Waals surface area (Å²) in [5.74, 6) is 0. The molecule has 0 amide bonds. The van der Waals surface area contributed by atoms with Crippen molar-refractivity contribution < 1.29 is 0 Å². The molecule has 3 aliphatic heterocycles. The molecule has 0 radical (unpaired) electrons. The Balaban J connectivity index is 1.32. The van der Waals surface area contributed by atoms with Gasteiger partial charge in [-0.1, -0.05) is 244 Å². The maximum absolute atomic E-state index is 5.73. The molecule has 9 aromatic rings. The van der Waals surface area contributed by atoms with Crippen LogP contribution in [0.4, 0.5) is 17.1 Å². The molecule has 0 saturated heterocycles. The van der Waals surface area contributed by atoms with Gasteiger partial charge in [0.1, 0.15) is 0 Å². The van der Waals surface area contributed by atoms with Gasteiger partial charge in [0.05, 0.1) is 38.2 Å². The standard InChI is InChI=1S/C62H57N10P3/c1-62-47-73(53-29-8-2-9-30-53,54-31-10-3-11-32-54)69-66-63-59-41-23-20-26-50(59)44-72(45-51-27-21-24-42-60(51)64-67-70-74(48-62,55-33-12-4-13-34-55)56-35-14-5-15-36-56)46-52-28-22-25-43-61(52)65-68-71-75(49-62,57-37-16-6-17-38-57)58-39-18-7-19-40-58/h2-43H,44-49H2,1H3. The monoisotopic (exact) mass is 1030 g/mol. The van der Waals surface area contributed by atoms with Crippen LogP contribution in [0.2, 0.25) is 0 Å². The highest BCUT2D eigenvalue weighted by Crippen LogP contribution is 2.63. The Morgan fingerprint density at radius 2 is 0.507 bits per heavy atom. The van der Waals surface area contributed by atoms with Crippen LogP contribution in [-0.2, 0) is 19.6 Å². The SMILES string of the molecule is CC12CP(c3ccccc3)(c3ccccc3)=NN=Nc3ccccc3CN(Cc3ccccc3N=NN=P(c3ccccc3)(c3ccccc3)C1)Cc1ccccc1N=NN=P(c1ccccc1)(c1ccccc1)C2. The van der Waals surface area contributed by atoms with Gasteiger partial charge in [0.25, 0.3) is 0 Å². The average molecular weight is 1040 g/mol. The highest BCUT2D eigenvalue weighted by Gasteiger charge is 2.46. The lowest BCUT2D eigenvalue weighted by Crippen LogP contribution is -2.40. The predicted octanol–water partition coefficient (Wildman–Crippen LogP) is 15.5. The lowest BCUT2D eigenvalue weighted by molar-refractivity contribution is 0.248. The van der Waals surface area contributed by atoms with Crippen LogP contribution in [0.15, 0.2) is 300 Å². The quantitative estimate of drug-likeness (QED) is 0.152. The minimum absolute atomic E-state index is 0.532. The normalized spacial score (nSPS) is 19.1. The first-order valence-corrected chi connectivity index (χ1v) is 31.1. The highest BCUT2D eigenvalue weighted by molar-refractivity contribution is 7.83. The summed E-state index contributed by atoms with van der Waals surface area (Å²) in [5.41, 5.74) is 4.60. The fourth-order valence-corrected chi connectivity index (χ4v) is 22.6. The molecule has 12 rings (SSSR count). The largest absolute Gasteiger partial charge is 0.290 e. The van der Waals surface area contributed by atoms with Crippen LogP contribution in [0.25, 0.3) is 0 Å². The van der Waals surface area contributed by atoms with Gasteiger partial charge in [-0.2, -0.15) is 0 Å². The molecule has 3 heterocycles. The van der Waals surface area contributed by atoms with Crippen LogP contribution in [0.5, 0.6) is 0 Å². The van der Waals surface area contributed by atoms with Crippen molar-refractivity contribution in [2.45, 2.75) is 26.6 Å². The second kappa shape index (κ2) is 22.5. The molecule has 13 heteroatoms. The summed E-state index contributed by atoms with van der Waals surface area (Å²) in [4.78, 5) is 19.6. The van der Waals surface area contributed by atoms with E-state index in [1.54, 1.807) is 0 Å². The third-order valence-corrected chi connectivity index (χ3v) is 25.9. The van der Waals surface area contributed by atoms with Gasteiger partial charge in [0, 0.05) is 19.6 Å². The molecule has 0 spiro atoms. The molecule has 0 fully saturated rings. The highest BCUT2D eigenvalue weighted by atomic mass is 31.2. The molecule has 0 unspecified atom stereocenters. The van der Waals surface area contributed by atoms with Crippen molar-refractivity contribution in [1.29, 1.82) is 0 Å². The van der Waals surface area contributed by atoms with Crippen molar-refractivity contribution in [2.24, 2.45) is 51.0 Å². The molecule has 0 aromatic heterocycles. The molecular formula is C62H57N10P3. The van der Waals surface area contributed by atoms with Crippen LogP contribution in [-0.4, -0.2) is 23.4 Å². The Hall–Kier alpha value is -7.57. The summed E-state index contributed by atoms with van der Waals surface area (Å²) in [6, 6.07) is 89.4. The van der Waals surface area contributed by atoms with Gasteiger partial charge < -0.3 is 0 Å². The minimum Gasteiger partial charge on any atom is -0.290 e. The average Bonchev–Trinajstić information content (AvgIpc) is 3.46. The van der Waals surface area contributed by atoms with E-state index in [1.165, 1.54) is 0 Å². The third kappa shape index (κ3) is 10.7. The van der Waals surface area contributed by atoms with E-state index in [9.17, 15) is 0 Å². The van der Waals surface area contributed by atoms with Crippen molar-refractivity contribution in [1.82, 2.24) is 4.90 Å². The zero-order chi connectivity index (χ0) is 50.8. The maximum Gasteiger partial charge on any atom is 0.0920 e. The summed E-state index contributed by atoms with van der Waals surface area (Å²) >= 11 is 0. The molecule has 9 aromatic carbocycles. The van der Waals surface area contributed by atoms with E-state index in [-0.39, 0.29) is 0 Å². The minimum atomic E-state index is -2.97. The van der Waals surface area contributed by atoms with E-state index in [1.807, 2.05) is 36.4 Å². The number of fused-ring (bicyclic) bond motifs is 6. The fourth-order valence-electron chi connectivity index (χ4n) is 10.8. The number of nitrogens with zero attached hydrogens (tertiary/aromatic N) is 10. The van der Waals surface area contributed by atoms with Crippen LogP contribution in [0.3, 0.4) is 0 Å². The molecule has 3 aliphatic rings. The van der Waals surface area contributed by atoms with Gasteiger partial charge in [0.2, 0.25) is 0 Å². The van der Waals surface area contributed by atoms with Crippen LogP contribution < -0.4 is 31.8 Å². The van der Waals surface area contributed by atoms with Crippen LogP contribution in [0.1, 0.15) is 23.6 Å². The Kier molecular flexibility index (Phi) is 14.9. The van der Waals surface area contributed by atoms with Gasteiger partial charge in [-0.05, 0) is 106 Å². The summed E-state index contributed by atoms with van der Waals surface area (Å²) in [6.07, 6.45) is 1.70. The molecule has 0 N–H and O–H groups in total. The first-order valence-electron chi connectivity index (χ1n) is 25.3.